The molecule has 1 unspecified atom stereocenters. The van der Waals surface area contributed by atoms with Crippen LogP contribution in [0.3, 0.4) is 0 Å². The molecule has 0 saturated carbocycles. The molecule has 2 rings (SSSR count). The topological polar surface area (TPSA) is 27.0 Å². The summed E-state index contributed by atoms with van der Waals surface area (Å²) >= 11 is 0. The molecule has 84 valence electrons. The second-order valence-electron chi connectivity index (χ2n) is 4.76. The predicted octanol–water partition coefficient (Wildman–Crippen LogP) is 3.04. The maximum absolute atomic E-state index is 8.99. The van der Waals surface area contributed by atoms with E-state index in [1.807, 2.05) is 0 Å². The normalized spacial score (nSPS) is 20.6. The average molecular weight is 214 g/mol. The van der Waals surface area contributed by atoms with Crippen LogP contribution < -0.4 is 4.90 Å². The zero-order valence-corrected chi connectivity index (χ0v) is 10.0. The molecule has 16 heavy (non-hydrogen) atoms. The molecule has 1 aromatic carbocycles. The van der Waals surface area contributed by atoms with Crippen LogP contribution in [0, 0.1) is 31.1 Å². The van der Waals surface area contributed by atoms with Crippen LogP contribution >= 0.6 is 0 Å². The number of aryl methyl sites for hydroxylation is 2. The van der Waals surface area contributed by atoms with E-state index in [0.717, 1.165) is 25.9 Å². The van der Waals surface area contributed by atoms with Gasteiger partial charge in [-0.3, -0.25) is 0 Å². The second kappa shape index (κ2) is 4.57. The van der Waals surface area contributed by atoms with E-state index in [1.165, 1.54) is 16.8 Å². The van der Waals surface area contributed by atoms with Crippen molar-refractivity contribution in [2.24, 2.45) is 5.92 Å². The van der Waals surface area contributed by atoms with Gasteiger partial charge in [0.1, 0.15) is 0 Å². The number of nitrogens with zero attached hydrogens (tertiary/aromatic N) is 2. The first-order valence-electron chi connectivity index (χ1n) is 5.92. The summed E-state index contributed by atoms with van der Waals surface area (Å²) < 4.78 is 0. The lowest BCUT2D eigenvalue weighted by atomic mass is 9.98. The fourth-order valence-corrected chi connectivity index (χ4v) is 2.45. The Hall–Kier alpha value is -1.49. The van der Waals surface area contributed by atoms with Crippen molar-refractivity contribution < 1.29 is 0 Å². The SMILES string of the molecule is Cc1cc(C)cc(N2CCCC(C#N)C2)c1. The third-order valence-electron chi connectivity index (χ3n) is 3.18. The van der Waals surface area contributed by atoms with Crippen LogP contribution in [0.5, 0.6) is 0 Å². The van der Waals surface area contributed by atoms with Crippen molar-refractivity contribution in [3.05, 3.63) is 29.3 Å². The summed E-state index contributed by atoms with van der Waals surface area (Å²) in [7, 11) is 0. The molecule has 1 saturated heterocycles. The molecule has 1 aliphatic rings. The first-order chi connectivity index (χ1) is 7.69. The molecule has 1 heterocycles. The standard InChI is InChI=1S/C14H18N2/c1-11-6-12(2)8-14(7-11)16-5-3-4-13(9-15)10-16/h6-8,13H,3-5,10H2,1-2H3. The molecule has 0 amide bonds. The van der Waals surface area contributed by atoms with Gasteiger partial charge in [0.05, 0.1) is 12.0 Å². The molecule has 1 aliphatic heterocycles. The summed E-state index contributed by atoms with van der Waals surface area (Å²) in [5.41, 5.74) is 3.88. The van der Waals surface area contributed by atoms with Crippen molar-refractivity contribution in [1.82, 2.24) is 0 Å². The summed E-state index contributed by atoms with van der Waals surface area (Å²) in [6, 6.07) is 9.01. The van der Waals surface area contributed by atoms with Crippen LogP contribution in [-0.4, -0.2) is 13.1 Å². The molecular weight excluding hydrogens is 196 g/mol. The molecule has 2 heteroatoms. The Kier molecular flexibility index (Phi) is 3.14. The van der Waals surface area contributed by atoms with E-state index in [4.69, 9.17) is 5.26 Å². The Morgan fingerprint density at radius 1 is 1.25 bits per heavy atom. The van der Waals surface area contributed by atoms with Gasteiger partial charge in [-0.25, -0.2) is 0 Å². The number of hydrogen-bond acceptors (Lipinski definition) is 2. The van der Waals surface area contributed by atoms with E-state index in [0.29, 0.717) is 0 Å². The van der Waals surface area contributed by atoms with Gasteiger partial charge in [0.2, 0.25) is 0 Å². The lowest BCUT2D eigenvalue weighted by molar-refractivity contribution is 0.493. The van der Waals surface area contributed by atoms with Gasteiger partial charge in [-0.05, 0) is 49.9 Å². The van der Waals surface area contributed by atoms with E-state index in [1.54, 1.807) is 0 Å². The smallest absolute Gasteiger partial charge is 0.0674 e. The van der Waals surface area contributed by atoms with Crippen LogP contribution in [0.25, 0.3) is 0 Å². The molecule has 1 fully saturated rings. The Bertz CT molecular complexity index is 397. The average Bonchev–Trinajstić information content (AvgIpc) is 2.28. The van der Waals surface area contributed by atoms with Gasteiger partial charge < -0.3 is 4.90 Å². The molecule has 0 radical (unpaired) electrons. The number of nitriles is 1. The summed E-state index contributed by atoms with van der Waals surface area (Å²) in [5.74, 6) is 0.203. The van der Waals surface area contributed by atoms with Gasteiger partial charge in [-0.2, -0.15) is 5.26 Å². The molecule has 0 spiro atoms. The molecule has 1 atom stereocenters. The van der Waals surface area contributed by atoms with Crippen molar-refractivity contribution in [3.8, 4) is 6.07 Å². The molecule has 2 nitrogen and oxygen atoms in total. The molecule has 0 N–H and O–H groups in total. The van der Waals surface area contributed by atoms with Gasteiger partial charge >= 0.3 is 0 Å². The first-order valence-corrected chi connectivity index (χ1v) is 5.92. The van der Waals surface area contributed by atoms with E-state index in [9.17, 15) is 0 Å². The highest BCUT2D eigenvalue weighted by atomic mass is 15.1. The highest BCUT2D eigenvalue weighted by molar-refractivity contribution is 5.51. The summed E-state index contributed by atoms with van der Waals surface area (Å²) in [5, 5.41) is 8.99. The number of benzene rings is 1. The molecule has 0 aromatic heterocycles. The van der Waals surface area contributed by atoms with Gasteiger partial charge in [0.25, 0.3) is 0 Å². The fourth-order valence-electron chi connectivity index (χ4n) is 2.45. The third-order valence-corrected chi connectivity index (χ3v) is 3.18. The molecule has 0 bridgehead atoms. The Morgan fingerprint density at radius 2 is 1.94 bits per heavy atom. The van der Waals surface area contributed by atoms with Crippen molar-refractivity contribution in [3.63, 3.8) is 0 Å². The number of piperidine rings is 1. The lowest BCUT2D eigenvalue weighted by Gasteiger charge is -2.32. The number of anilines is 1. The lowest BCUT2D eigenvalue weighted by Crippen LogP contribution is -2.34. The fraction of sp³-hybridized carbons (Fsp3) is 0.500. The van der Waals surface area contributed by atoms with Crippen LogP contribution in [0.4, 0.5) is 5.69 Å². The number of hydrogen-bond donors (Lipinski definition) is 0. The highest BCUT2D eigenvalue weighted by Crippen LogP contribution is 2.24. The van der Waals surface area contributed by atoms with E-state index in [2.05, 4.69) is 43.0 Å². The maximum atomic E-state index is 8.99. The van der Waals surface area contributed by atoms with Crippen molar-refractivity contribution in [2.75, 3.05) is 18.0 Å². The Morgan fingerprint density at radius 3 is 2.56 bits per heavy atom. The molecule has 1 aromatic rings. The van der Waals surface area contributed by atoms with Crippen molar-refractivity contribution >= 4 is 5.69 Å². The first kappa shape index (κ1) is 11.0. The van der Waals surface area contributed by atoms with Crippen LogP contribution in [0.15, 0.2) is 18.2 Å². The maximum Gasteiger partial charge on any atom is 0.0674 e. The number of rotatable bonds is 1. The molecular formula is C14H18N2. The molecule has 0 aliphatic carbocycles. The van der Waals surface area contributed by atoms with Crippen LogP contribution in [-0.2, 0) is 0 Å². The van der Waals surface area contributed by atoms with Crippen LogP contribution in [0.2, 0.25) is 0 Å². The largest absolute Gasteiger partial charge is 0.370 e. The zero-order valence-electron chi connectivity index (χ0n) is 10.0. The van der Waals surface area contributed by atoms with Gasteiger partial charge in [-0.1, -0.05) is 6.07 Å². The Balaban J connectivity index is 2.20. The minimum absolute atomic E-state index is 0.203. The minimum Gasteiger partial charge on any atom is -0.370 e. The summed E-state index contributed by atoms with van der Waals surface area (Å²) in [6.07, 6.45) is 2.18. The van der Waals surface area contributed by atoms with E-state index in [-0.39, 0.29) is 5.92 Å². The Labute approximate surface area is 97.5 Å². The quantitative estimate of drug-likeness (QED) is 0.718. The summed E-state index contributed by atoms with van der Waals surface area (Å²) in [6.45, 7) is 6.23. The monoisotopic (exact) mass is 214 g/mol. The van der Waals surface area contributed by atoms with Gasteiger partial charge in [0, 0.05) is 18.8 Å². The van der Waals surface area contributed by atoms with E-state index >= 15 is 0 Å². The van der Waals surface area contributed by atoms with Gasteiger partial charge in [0.15, 0.2) is 0 Å². The van der Waals surface area contributed by atoms with Gasteiger partial charge in [-0.15, -0.1) is 0 Å². The van der Waals surface area contributed by atoms with Crippen molar-refractivity contribution in [1.29, 1.82) is 5.26 Å². The summed E-state index contributed by atoms with van der Waals surface area (Å²) in [4.78, 5) is 2.34. The van der Waals surface area contributed by atoms with Crippen LogP contribution in [0.1, 0.15) is 24.0 Å². The predicted molar refractivity (Wildman–Crippen MR) is 66.5 cm³/mol. The zero-order chi connectivity index (χ0) is 11.5. The third kappa shape index (κ3) is 2.36. The second-order valence-corrected chi connectivity index (χ2v) is 4.76. The van der Waals surface area contributed by atoms with E-state index < -0.39 is 0 Å². The van der Waals surface area contributed by atoms with Crippen molar-refractivity contribution in [2.45, 2.75) is 26.7 Å². The highest BCUT2D eigenvalue weighted by Gasteiger charge is 2.19. The minimum atomic E-state index is 0.203.